The molecule has 0 aromatic heterocycles. The van der Waals surface area contributed by atoms with Crippen LogP contribution in [0.4, 0.5) is 0 Å². The third kappa shape index (κ3) is 2.78. The van der Waals surface area contributed by atoms with Gasteiger partial charge in [-0.25, -0.2) is 0 Å². The topological polar surface area (TPSA) is 30.8 Å². The van der Waals surface area contributed by atoms with Crippen molar-refractivity contribution in [3.8, 4) is 0 Å². The number of hydrogen-bond acceptors (Lipinski definition) is 3. The Kier molecular flexibility index (Phi) is 4.48. The van der Waals surface area contributed by atoms with Crippen LogP contribution in [0.15, 0.2) is 40.3 Å². The molecule has 0 spiro atoms. The van der Waals surface area contributed by atoms with Gasteiger partial charge < -0.3 is 9.47 Å². The van der Waals surface area contributed by atoms with E-state index in [2.05, 4.69) is 17.1 Å². The van der Waals surface area contributed by atoms with Crippen LogP contribution < -0.4 is 0 Å². The quantitative estimate of drug-likeness (QED) is 0.736. The summed E-state index contributed by atoms with van der Waals surface area (Å²) in [5, 5.41) is 0. The lowest BCUT2D eigenvalue weighted by Gasteiger charge is -2.13. The molecule has 0 N–H and O–H groups in total. The number of aliphatic imine (C=N–C) groups is 1. The average Bonchev–Trinajstić information content (AvgIpc) is 2.56. The third-order valence-corrected chi connectivity index (χ3v) is 3.44. The molecule has 0 saturated heterocycles. The molecular formula is C14H18ClNO2. The molecule has 0 amide bonds. The van der Waals surface area contributed by atoms with Gasteiger partial charge in [0.15, 0.2) is 11.5 Å². The second-order valence-corrected chi connectivity index (χ2v) is 4.61. The van der Waals surface area contributed by atoms with Crippen LogP contribution in [0.2, 0.25) is 0 Å². The van der Waals surface area contributed by atoms with Crippen LogP contribution in [0.5, 0.6) is 0 Å². The first-order chi connectivity index (χ1) is 8.78. The number of halogens is 1. The lowest BCUT2D eigenvalue weighted by molar-refractivity contribution is 0.218. The van der Waals surface area contributed by atoms with E-state index in [4.69, 9.17) is 21.1 Å². The Morgan fingerprint density at radius 1 is 1.28 bits per heavy atom. The maximum Gasteiger partial charge on any atom is 0.161 e. The second-order valence-electron chi connectivity index (χ2n) is 4.34. The minimum absolute atomic E-state index is 0.354. The van der Waals surface area contributed by atoms with Gasteiger partial charge in [-0.1, -0.05) is 6.08 Å². The standard InChI is InChI=1S/C14H18ClNO2/c1-17-13-7-10-4-3-5-16-12(9-15)11(6-10)8-14(13)18-2/h6-8,10H,3-5,9H2,1-2H3. The van der Waals surface area contributed by atoms with Gasteiger partial charge in [0, 0.05) is 6.54 Å². The predicted octanol–water partition coefficient (Wildman–Crippen LogP) is 3.08. The number of ether oxygens (including phenoxy) is 2. The second kappa shape index (κ2) is 6.10. The van der Waals surface area contributed by atoms with Gasteiger partial charge in [0.1, 0.15) is 0 Å². The summed E-state index contributed by atoms with van der Waals surface area (Å²) in [5.74, 6) is 2.29. The number of fused-ring (bicyclic) bond motifs is 1. The van der Waals surface area contributed by atoms with Gasteiger partial charge in [-0.05, 0) is 36.5 Å². The van der Waals surface area contributed by atoms with Crippen LogP contribution in [0.1, 0.15) is 12.8 Å². The molecule has 0 aromatic carbocycles. The zero-order valence-electron chi connectivity index (χ0n) is 10.8. The molecule has 3 nitrogen and oxygen atoms in total. The molecule has 0 saturated carbocycles. The maximum atomic E-state index is 5.98. The molecule has 18 heavy (non-hydrogen) atoms. The lowest BCUT2D eigenvalue weighted by Crippen LogP contribution is -2.09. The summed E-state index contributed by atoms with van der Waals surface area (Å²) in [5.41, 5.74) is 1.98. The van der Waals surface area contributed by atoms with Crippen molar-refractivity contribution in [1.82, 2.24) is 0 Å². The predicted molar refractivity (Wildman–Crippen MR) is 74.0 cm³/mol. The first-order valence-electron chi connectivity index (χ1n) is 6.12. The van der Waals surface area contributed by atoms with Crippen LogP contribution in [0.3, 0.4) is 0 Å². The Bertz CT molecular complexity index is 435. The molecular weight excluding hydrogens is 250 g/mol. The summed E-state index contributed by atoms with van der Waals surface area (Å²) in [4.78, 5) is 4.54. The molecule has 1 heterocycles. The molecule has 1 aliphatic heterocycles. The van der Waals surface area contributed by atoms with Crippen LogP contribution >= 0.6 is 11.6 Å². The fourth-order valence-electron chi connectivity index (χ4n) is 2.24. The van der Waals surface area contributed by atoms with Crippen molar-refractivity contribution >= 4 is 17.3 Å². The van der Waals surface area contributed by atoms with E-state index in [-0.39, 0.29) is 0 Å². The highest BCUT2D eigenvalue weighted by Crippen LogP contribution is 2.27. The zero-order chi connectivity index (χ0) is 13.0. The SMILES string of the molecule is COC1=CC2=CC(C=C1OC)CCCN=C2CCl. The highest BCUT2D eigenvalue weighted by Gasteiger charge is 2.19. The molecule has 1 atom stereocenters. The Balaban J connectivity index is 2.44. The van der Waals surface area contributed by atoms with Gasteiger partial charge >= 0.3 is 0 Å². The molecule has 4 heteroatoms. The Morgan fingerprint density at radius 3 is 2.72 bits per heavy atom. The first-order valence-corrected chi connectivity index (χ1v) is 6.65. The number of nitrogens with zero attached hydrogens (tertiary/aromatic N) is 1. The molecule has 1 aliphatic carbocycles. The van der Waals surface area contributed by atoms with Crippen molar-refractivity contribution < 1.29 is 9.47 Å². The van der Waals surface area contributed by atoms with Crippen LogP contribution in [0, 0.1) is 5.92 Å². The third-order valence-electron chi connectivity index (χ3n) is 3.19. The fourth-order valence-corrected chi connectivity index (χ4v) is 2.48. The van der Waals surface area contributed by atoms with Gasteiger partial charge in [-0.2, -0.15) is 0 Å². The Labute approximate surface area is 113 Å². The number of methoxy groups -OCH3 is 2. The van der Waals surface area contributed by atoms with E-state index in [0.29, 0.717) is 11.8 Å². The minimum Gasteiger partial charge on any atom is -0.493 e. The number of alkyl halides is 1. The molecule has 1 unspecified atom stereocenters. The van der Waals surface area contributed by atoms with E-state index < -0.39 is 0 Å². The van der Waals surface area contributed by atoms with Gasteiger partial charge in [-0.15, -0.1) is 11.6 Å². The largest absolute Gasteiger partial charge is 0.493 e. The fraction of sp³-hybridized carbons (Fsp3) is 0.500. The van der Waals surface area contributed by atoms with Crippen molar-refractivity contribution in [3.63, 3.8) is 0 Å². The van der Waals surface area contributed by atoms with E-state index in [9.17, 15) is 0 Å². The van der Waals surface area contributed by atoms with Crippen molar-refractivity contribution in [2.45, 2.75) is 12.8 Å². The highest BCUT2D eigenvalue weighted by molar-refractivity contribution is 6.32. The molecule has 2 bridgehead atoms. The van der Waals surface area contributed by atoms with E-state index in [0.717, 1.165) is 42.2 Å². The maximum absolute atomic E-state index is 5.98. The molecule has 98 valence electrons. The average molecular weight is 268 g/mol. The normalized spacial score (nSPS) is 23.6. The van der Waals surface area contributed by atoms with Crippen molar-refractivity contribution in [2.75, 3.05) is 26.6 Å². The van der Waals surface area contributed by atoms with Gasteiger partial charge in [0.25, 0.3) is 0 Å². The monoisotopic (exact) mass is 267 g/mol. The van der Waals surface area contributed by atoms with Crippen molar-refractivity contribution in [3.05, 3.63) is 35.3 Å². The summed E-state index contributed by atoms with van der Waals surface area (Å²) in [6.45, 7) is 0.836. The van der Waals surface area contributed by atoms with Gasteiger partial charge in [-0.3, -0.25) is 4.99 Å². The van der Waals surface area contributed by atoms with Crippen LogP contribution in [-0.2, 0) is 9.47 Å². The molecule has 0 fully saturated rings. The molecule has 2 aliphatic rings. The number of rotatable bonds is 3. The van der Waals surface area contributed by atoms with E-state index >= 15 is 0 Å². The molecule has 0 radical (unpaired) electrons. The van der Waals surface area contributed by atoms with E-state index in [1.165, 1.54) is 0 Å². The first kappa shape index (κ1) is 13.2. The smallest absolute Gasteiger partial charge is 0.161 e. The molecule has 2 rings (SSSR count). The Morgan fingerprint density at radius 2 is 2.06 bits per heavy atom. The van der Waals surface area contributed by atoms with Crippen molar-refractivity contribution in [2.24, 2.45) is 10.9 Å². The zero-order valence-corrected chi connectivity index (χ0v) is 11.5. The molecule has 0 aromatic rings. The number of allylic oxidation sites excluding steroid dienone is 4. The minimum atomic E-state index is 0.354. The summed E-state index contributed by atoms with van der Waals surface area (Å²) < 4.78 is 10.8. The highest BCUT2D eigenvalue weighted by atomic mass is 35.5. The van der Waals surface area contributed by atoms with Gasteiger partial charge in [0.05, 0.1) is 25.8 Å². The van der Waals surface area contributed by atoms with Crippen LogP contribution in [-0.4, -0.2) is 32.4 Å². The van der Waals surface area contributed by atoms with E-state index in [1.807, 2.05) is 6.08 Å². The summed E-state index contributed by atoms with van der Waals surface area (Å²) in [6, 6.07) is 0. The van der Waals surface area contributed by atoms with Crippen LogP contribution in [0.25, 0.3) is 0 Å². The Hall–Kier alpha value is -1.22. The van der Waals surface area contributed by atoms with Gasteiger partial charge in [0.2, 0.25) is 0 Å². The summed E-state index contributed by atoms with van der Waals surface area (Å²) in [7, 11) is 3.31. The number of hydrogen-bond donors (Lipinski definition) is 0. The summed E-state index contributed by atoms with van der Waals surface area (Å²) >= 11 is 5.98. The summed E-state index contributed by atoms with van der Waals surface area (Å²) in [6.07, 6.45) is 8.40. The van der Waals surface area contributed by atoms with Crippen molar-refractivity contribution in [1.29, 1.82) is 0 Å². The lowest BCUT2D eigenvalue weighted by atomic mass is 9.97. The van der Waals surface area contributed by atoms with E-state index in [1.54, 1.807) is 14.2 Å².